The Morgan fingerprint density at radius 2 is 1.06 bits per heavy atom. The van der Waals surface area contributed by atoms with Crippen LogP contribution in [-0.2, 0) is 20.0 Å². The average molecular weight is 730 g/mol. The Labute approximate surface area is 296 Å². The second kappa shape index (κ2) is 17.0. The summed E-state index contributed by atoms with van der Waals surface area (Å²) in [7, 11) is -4.67. The van der Waals surface area contributed by atoms with E-state index >= 15 is 0 Å². The molecule has 1 aliphatic rings. The highest BCUT2D eigenvalue weighted by atomic mass is 32.3. The molecule has 1 saturated carbocycles. The third-order valence-electron chi connectivity index (χ3n) is 7.24. The molecular formula is C36H43NO13S. The van der Waals surface area contributed by atoms with Crippen LogP contribution in [0.3, 0.4) is 0 Å². The van der Waals surface area contributed by atoms with E-state index in [4.69, 9.17) is 36.5 Å². The van der Waals surface area contributed by atoms with Crippen molar-refractivity contribution in [1.82, 2.24) is 5.32 Å². The molecule has 0 heterocycles. The lowest BCUT2D eigenvalue weighted by Crippen LogP contribution is -2.37. The molecule has 0 spiro atoms. The van der Waals surface area contributed by atoms with Crippen molar-refractivity contribution in [2.45, 2.75) is 73.0 Å². The molecule has 0 saturated heterocycles. The number of hydrogen-bond donors (Lipinski definition) is 4. The number of rotatable bonds is 10. The number of carbonyl (C=O) groups is 4. The highest BCUT2D eigenvalue weighted by Gasteiger charge is 2.25. The van der Waals surface area contributed by atoms with Crippen molar-refractivity contribution in [3.8, 4) is 23.0 Å². The van der Waals surface area contributed by atoms with Gasteiger partial charge in [0.15, 0.2) is 0 Å². The summed E-state index contributed by atoms with van der Waals surface area (Å²) in [5, 5.41) is 14.2. The molecule has 276 valence electrons. The summed E-state index contributed by atoms with van der Waals surface area (Å²) in [6.45, 7) is 10.7. The van der Waals surface area contributed by atoms with Crippen LogP contribution in [-0.4, -0.2) is 59.1 Å². The van der Waals surface area contributed by atoms with Crippen LogP contribution in [0, 0.1) is 10.8 Å². The zero-order chi connectivity index (χ0) is 38.1. The third-order valence-corrected chi connectivity index (χ3v) is 7.24. The molecule has 51 heavy (non-hydrogen) atoms. The van der Waals surface area contributed by atoms with Crippen LogP contribution in [0.1, 0.15) is 93.2 Å². The molecule has 3 aromatic carbocycles. The lowest BCUT2D eigenvalue weighted by molar-refractivity contribution is -0.143. The Morgan fingerprint density at radius 1 is 0.686 bits per heavy atom. The van der Waals surface area contributed by atoms with Crippen molar-refractivity contribution < 1.29 is 60.8 Å². The van der Waals surface area contributed by atoms with Crippen LogP contribution in [0.5, 0.6) is 23.0 Å². The molecule has 1 atom stereocenters. The van der Waals surface area contributed by atoms with E-state index in [1.54, 1.807) is 41.5 Å². The minimum absolute atomic E-state index is 0.0562. The number of carbonyl (C=O) groups excluding carboxylic acids is 4. The number of aliphatic hydroxyl groups excluding tert-OH is 1. The lowest BCUT2D eigenvalue weighted by atomic mass is 9.93. The van der Waals surface area contributed by atoms with Gasteiger partial charge in [-0.15, -0.1) is 0 Å². The summed E-state index contributed by atoms with van der Waals surface area (Å²) in [5.41, 5.74) is -0.607. The standard InChI is InChI=1S/C36H41NO9.H2O4S/c1-35(2,3)33(41)45-26-14-10-22(11-15-26)31(39)43-28-18-24(30(38)21-37-25-8-7-9-25)19-29(20-28)44-32(40)23-12-16-27(17-13-23)46-34(42)36(4,5)6;1-5(2,3)4/h10-20,25,30,37-38H,7-9,21H2,1-6H3;(H2,1,2,3,4). The number of hydrogen-bond acceptors (Lipinski definition) is 12. The molecule has 1 aliphatic carbocycles. The van der Waals surface area contributed by atoms with E-state index in [-0.39, 0.29) is 40.7 Å². The predicted molar refractivity (Wildman–Crippen MR) is 184 cm³/mol. The lowest BCUT2D eigenvalue weighted by Gasteiger charge is -2.27. The zero-order valence-corrected chi connectivity index (χ0v) is 30.0. The van der Waals surface area contributed by atoms with Crippen molar-refractivity contribution in [3.63, 3.8) is 0 Å². The van der Waals surface area contributed by atoms with Gasteiger partial charge in [-0.2, -0.15) is 8.42 Å². The topological polar surface area (TPSA) is 212 Å². The first-order valence-electron chi connectivity index (χ1n) is 15.9. The van der Waals surface area contributed by atoms with Gasteiger partial charge < -0.3 is 29.4 Å². The van der Waals surface area contributed by atoms with Crippen LogP contribution in [0.25, 0.3) is 0 Å². The maximum absolute atomic E-state index is 13.0. The minimum atomic E-state index is -4.67. The fraction of sp³-hybridized carbons (Fsp3) is 0.389. The molecule has 3 aromatic rings. The predicted octanol–water partition coefficient (Wildman–Crippen LogP) is 5.55. The first-order chi connectivity index (χ1) is 23.6. The quantitative estimate of drug-likeness (QED) is 0.115. The number of benzene rings is 3. The fourth-order valence-electron chi connectivity index (χ4n) is 4.08. The van der Waals surface area contributed by atoms with Crippen LogP contribution in [0.2, 0.25) is 0 Å². The Hall–Kier alpha value is -4.67. The SMILES string of the molecule is CC(C)(C)C(=O)Oc1ccc(C(=O)Oc2cc(OC(=O)c3ccc(OC(=O)C(C)(C)C)cc3)cc(C(O)CNC3CCC3)c2)cc1.O=S(=O)(O)O. The Bertz CT molecular complexity index is 1690. The fourth-order valence-corrected chi connectivity index (χ4v) is 4.08. The number of aliphatic hydroxyl groups is 1. The summed E-state index contributed by atoms with van der Waals surface area (Å²) in [4.78, 5) is 50.4. The van der Waals surface area contributed by atoms with Crippen LogP contribution < -0.4 is 24.3 Å². The van der Waals surface area contributed by atoms with Crippen molar-refractivity contribution in [2.24, 2.45) is 10.8 Å². The maximum Gasteiger partial charge on any atom is 0.394 e. The molecule has 4 rings (SSSR count). The van der Waals surface area contributed by atoms with Gasteiger partial charge in [-0.25, -0.2) is 9.59 Å². The maximum atomic E-state index is 13.0. The molecule has 15 heteroatoms. The van der Waals surface area contributed by atoms with Crippen molar-refractivity contribution >= 4 is 34.3 Å². The van der Waals surface area contributed by atoms with E-state index in [1.807, 2.05) is 0 Å². The van der Waals surface area contributed by atoms with E-state index in [0.717, 1.165) is 19.3 Å². The molecule has 0 aliphatic heterocycles. The van der Waals surface area contributed by atoms with Gasteiger partial charge in [-0.05, 0) is 121 Å². The smallest absolute Gasteiger partial charge is 0.394 e. The van der Waals surface area contributed by atoms with Gasteiger partial charge in [-0.3, -0.25) is 18.7 Å². The first-order valence-corrected chi connectivity index (χ1v) is 17.3. The van der Waals surface area contributed by atoms with E-state index in [2.05, 4.69) is 5.32 Å². The van der Waals surface area contributed by atoms with Gasteiger partial charge in [0.1, 0.15) is 23.0 Å². The number of nitrogens with one attached hydrogen (secondary N) is 1. The summed E-state index contributed by atoms with van der Waals surface area (Å²) in [6.07, 6.45) is 2.25. The van der Waals surface area contributed by atoms with Crippen molar-refractivity contribution in [2.75, 3.05) is 6.54 Å². The molecule has 0 bridgehead atoms. The normalized spacial score (nSPS) is 13.8. The summed E-state index contributed by atoms with van der Waals surface area (Å²) in [6, 6.07) is 16.6. The average Bonchev–Trinajstić information content (AvgIpc) is 2.99. The largest absolute Gasteiger partial charge is 0.426 e. The van der Waals surface area contributed by atoms with Crippen LogP contribution in [0.4, 0.5) is 0 Å². The highest BCUT2D eigenvalue weighted by molar-refractivity contribution is 7.79. The van der Waals surface area contributed by atoms with E-state index in [9.17, 15) is 24.3 Å². The Balaban J connectivity index is 0.00000131. The van der Waals surface area contributed by atoms with Crippen molar-refractivity contribution in [1.29, 1.82) is 0 Å². The van der Waals surface area contributed by atoms with E-state index < -0.39 is 51.2 Å². The second-order valence-corrected chi connectivity index (χ2v) is 14.7. The van der Waals surface area contributed by atoms with E-state index in [1.165, 1.54) is 66.7 Å². The van der Waals surface area contributed by atoms with Crippen LogP contribution in [0.15, 0.2) is 66.7 Å². The molecular weight excluding hydrogens is 686 g/mol. The molecule has 4 N–H and O–H groups in total. The first kappa shape index (κ1) is 40.8. The minimum Gasteiger partial charge on any atom is -0.426 e. The van der Waals surface area contributed by atoms with Gasteiger partial charge in [0.05, 0.1) is 28.1 Å². The van der Waals surface area contributed by atoms with Crippen molar-refractivity contribution in [3.05, 3.63) is 83.4 Å². The number of ether oxygens (including phenoxy) is 4. The monoisotopic (exact) mass is 729 g/mol. The number of esters is 4. The Kier molecular flexibility index (Phi) is 13.6. The molecule has 0 amide bonds. The Morgan fingerprint density at radius 3 is 1.37 bits per heavy atom. The van der Waals surface area contributed by atoms with E-state index in [0.29, 0.717) is 11.6 Å². The van der Waals surface area contributed by atoms with Gasteiger partial charge in [-0.1, -0.05) is 6.42 Å². The van der Waals surface area contributed by atoms with Gasteiger partial charge in [0.2, 0.25) is 0 Å². The van der Waals surface area contributed by atoms with Gasteiger partial charge in [0, 0.05) is 18.7 Å². The highest BCUT2D eigenvalue weighted by Crippen LogP contribution is 2.30. The molecule has 0 radical (unpaired) electrons. The molecule has 0 aromatic heterocycles. The molecule has 1 unspecified atom stereocenters. The summed E-state index contributed by atoms with van der Waals surface area (Å²) >= 11 is 0. The van der Waals surface area contributed by atoms with Gasteiger partial charge in [0.25, 0.3) is 0 Å². The van der Waals surface area contributed by atoms with Crippen LogP contribution >= 0.6 is 0 Å². The zero-order valence-electron chi connectivity index (χ0n) is 29.2. The molecule has 14 nitrogen and oxygen atoms in total. The third kappa shape index (κ3) is 13.9. The summed E-state index contributed by atoms with van der Waals surface area (Å²) < 4.78 is 53.5. The summed E-state index contributed by atoms with van der Waals surface area (Å²) in [5.74, 6) is -1.54. The molecule has 1 fully saturated rings. The second-order valence-electron chi connectivity index (χ2n) is 13.8. The van der Waals surface area contributed by atoms with Gasteiger partial charge >= 0.3 is 34.3 Å².